The average Bonchev–Trinajstić information content (AvgIpc) is 2.58. The minimum Gasteiger partial charge on any atom is -0.497 e. The summed E-state index contributed by atoms with van der Waals surface area (Å²) in [6.45, 7) is 1.94. The molecule has 0 saturated heterocycles. The molecule has 0 aliphatic rings. The first-order chi connectivity index (χ1) is 11.1. The SMILES string of the molecule is COc1ccc(NCC(=O)N/N=C(\C)c2cccc(N)c2)cc1. The number of carbonyl (C=O) groups is 1. The van der Waals surface area contributed by atoms with Crippen molar-refractivity contribution >= 4 is 23.0 Å². The first-order valence-electron chi connectivity index (χ1n) is 7.15. The monoisotopic (exact) mass is 312 g/mol. The van der Waals surface area contributed by atoms with Gasteiger partial charge in [0.05, 0.1) is 19.4 Å². The van der Waals surface area contributed by atoms with Gasteiger partial charge in [-0.25, -0.2) is 5.43 Å². The number of hydrazone groups is 1. The van der Waals surface area contributed by atoms with E-state index >= 15 is 0 Å². The molecule has 2 rings (SSSR count). The fourth-order valence-electron chi connectivity index (χ4n) is 1.91. The van der Waals surface area contributed by atoms with Gasteiger partial charge in [0.1, 0.15) is 5.75 Å². The minimum absolute atomic E-state index is 0.125. The molecule has 120 valence electrons. The number of nitrogen functional groups attached to an aromatic ring is 1. The zero-order chi connectivity index (χ0) is 16.7. The van der Waals surface area contributed by atoms with E-state index in [-0.39, 0.29) is 12.5 Å². The van der Waals surface area contributed by atoms with Crippen LogP contribution in [0.25, 0.3) is 0 Å². The zero-order valence-corrected chi connectivity index (χ0v) is 13.2. The summed E-state index contributed by atoms with van der Waals surface area (Å²) in [6.07, 6.45) is 0. The van der Waals surface area contributed by atoms with Crippen LogP contribution in [0, 0.1) is 0 Å². The quantitative estimate of drug-likeness (QED) is 0.433. The van der Waals surface area contributed by atoms with E-state index < -0.39 is 0 Å². The van der Waals surface area contributed by atoms with Crippen molar-refractivity contribution in [3.05, 3.63) is 54.1 Å². The van der Waals surface area contributed by atoms with Crippen LogP contribution in [0.1, 0.15) is 12.5 Å². The minimum atomic E-state index is -0.232. The van der Waals surface area contributed by atoms with Gasteiger partial charge in [-0.1, -0.05) is 12.1 Å². The molecule has 0 spiro atoms. The number of nitrogens with one attached hydrogen (secondary N) is 2. The largest absolute Gasteiger partial charge is 0.497 e. The van der Waals surface area contributed by atoms with Crippen LogP contribution in [0.4, 0.5) is 11.4 Å². The highest BCUT2D eigenvalue weighted by molar-refractivity contribution is 6.00. The summed E-state index contributed by atoms with van der Waals surface area (Å²) in [5.74, 6) is 0.534. The molecule has 0 bridgehead atoms. The van der Waals surface area contributed by atoms with Gasteiger partial charge in [0.15, 0.2) is 0 Å². The summed E-state index contributed by atoms with van der Waals surface area (Å²) in [4.78, 5) is 11.8. The number of hydrogen-bond acceptors (Lipinski definition) is 5. The van der Waals surface area contributed by atoms with Crippen molar-refractivity contribution in [2.24, 2.45) is 5.10 Å². The summed E-state index contributed by atoms with van der Waals surface area (Å²) in [7, 11) is 1.61. The Bertz CT molecular complexity index is 696. The Kier molecular flexibility index (Phi) is 5.57. The van der Waals surface area contributed by atoms with Gasteiger partial charge in [-0.2, -0.15) is 5.10 Å². The lowest BCUT2D eigenvalue weighted by atomic mass is 10.1. The van der Waals surface area contributed by atoms with Crippen LogP contribution in [-0.2, 0) is 4.79 Å². The lowest BCUT2D eigenvalue weighted by molar-refractivity contribution is -0.119. The second kappa shape index (κ2) is 7.84. The normalized spacial score (nSPS) is 11.0. The molecule has 0 aliphatic carbocycles. The molecule has 0 heterocycles. The highest BCUT2D eigenvalue weighted by Gasteiger charge is 2.02. The van der Waals surface area contributed by atoms with Gasteiger partial charge in [-0.3, -0.25) is 4.79 Å². The summed E-state index contributed by atoms with van der Waals surface area (Å²) < 4.78 is 5.08. The van der Waals surface area contributed by atoms with Crippen molar-refractivity contribution in [3.8, 4) is 5.75 Å². The Balaban J connectivity index is 1.85. The second-order valence-corrected chi connectivity index (χ2v) is 4.94. The molecular weight excluding hydrogens is 292 g/mol. The van der Waals surface area contributed by atoms with E-state index in [1.165, 1.54) is 0 Å². The number of nitrogens with zero attached hydrogens (tertiary/aromatic N) is 1. The van der Waals surface area contributed by atoms with Crippen LogP contribution in [0.5, 0.6) is 5.75 Å². The van der Waals surface area contributed by atoms with Crippen molar-refractivity contribution in [2.45, 2.75) is 6.92 Å². The van der Waals surface area contributed by atoms with Crippen molar-refractivity contribution < 1.29 is 9.53 Å². The number of carbonyl (C=O) groups excluding carboxylic acids is 1. The summed E-state index contributed by atoms with van der Waals surface area (Å²) in [5.41, 5.74) is 11.3. The van der Waals surface area contributed by atoms with Crippen LogP contribution in [0.2, 0.25) is 0 Å². The second-order valence-electron chi connectivity index (χ2n) is 4.94. The third-order valence-corrected chi connectivity index (χ3v) is 3.20. The first-order valence-corrected chi connectivity index (χ1v) is 7.15. The van der Waals surface area contributed by atoms with Crippen molar-refractivity contribution in [1.29, 1.82) is 0 Å². The number of rotatable bonds is 6. The van der Waals surface area contributed by atoms with Gasteiger partial charge in [0, 0.05) is 11.4 Å². The number of benzene rings is 2. The lowest BCUT2D eigenvalue weighted by Gasteiger charge is -2.07. The van der Waals surface area contributed by atoms with Gasteiger partial charge in [-0.05, 0) is 48.9 Å². The third-order valence-electron chi connectivity index (χ3n) is 3.20. The highest BCUT2D eigenvalue weighted by atomic mass is 16.5. The Morgan fingerprint density at radius 3 is 2.61 bits per heavy atom. The molecular formula is C17H20N4O2. The molecule has 0 unspecified atom stereocenters. The standard InChI is InChI=1S/C17H20N4O2/c1-12(13-4-3-5-14(18)10-13)20-21-17(22)11-19-15-6-8-16(23-2)9-7-15/h3-10,19H,11,18H2,1-2H3,(H,21,22)/b20-12+. The number of amides is 1. The zero-order valence-electron chi connectivity index (χ0n) is 13.2. The van der Waals surface area contributed by atoms with E-state index in [2.05, 4.69) is 15.8 Å². The molecule has 0 aliphatic heterocycles. The smallest absolute Gasteiger partial charge is 0.259 e. The molecule has 0 aromatic heterocycles. The maximum atomic E-state index is 11.8. The number of ether oxygens (including phenoxy) is 1. The molecule has 0 fully saturated rings. The summed E-state index contributed by atoms with van der Waals surface area (Å²) in [6, 6.07) is 14.7. The predicted molar refractivity (Wildman–Crippen MR) is 92.7 cm³/mol. The summed E-state index contributed by atoms with van der Waals surface area (Å²) >= 11 is 0. The van der Waals surface area contributed by atoms with Gasteiger partial charge >= 0.3 is 0 Å². The maximum absolute atomic E-state index is 11.8. The number of nitrogens with two attached hydrogens (primary N) is 1. The van der Waals surface area contributed by atoms with Gasteiger partial charge in [-0.15, -0.1) is 0 Å². The van der Waals surface area contributed by atoms with Crippen molar-refractivity contribution in [3.63, 3.8) is 0 Å². The molecule has 0 atom stereocenters. The van der Waals surface area contributed by atoms with E-state index in [1.807, 2.05) is 43.3 Å². The molecule has 1 amide bonds. The number of hydrogen-bond donors (Lipinski definition) is 3. The van der Waals surface area contributed by atoms with Gasteiger partial charge in [0.25, 0.3) is 5.91 Å². The van der Waals surface area contributed by atoms with Gasteiger partial charge in [0.2, 0.25) is 0 Å². The van der Waals surface area contributed by atoms with E-state index in [0.29, 0.717) is 11.4 Å². The lowest BCUT2D eigenvalue weighted by Crippen LogP contribution is -2.26. The molecule has 6 heteroatoms. The van der Waals surface area contributed by atoms with Crippen molar-refractivity contribution in [2.75, 3.05) is 24.7 Å². The van der Waals surface area contributed by atoms with Crippen LogP contribution in [-0.4, -0.2) is 25.3 Å². The first kappa shape index (κ1) is 16.4. The number of anilines is 2. The molecule has 0 saturated carbocycles. The Labute approximate surface area is 135 Å². The molecule has 23 heavy (non-hydrogen) atoms. The molecule has 4 N–H and O–H groups in total. The Morgan fingerprint density at radius 1 is 1.22 bits per heavy atom. The van der Waals surface area contributed by atoms with Crippen molar-refractivity contribution in [1.82, 2.24) is 5.43 Å². The van der Waals surface area contributed by atoms with Gasteiger partial charge < -0.3 is 15.8 Å². The Hall–Kier alpha value is -3.02. The van der Waals surface area contributed by atoms with Crippen LogP contribution < -0.4 is 21.2 Å². The molecule has 2 aromatic rings. The van der Waals surface area contributed by atoms with Crippen LogP contribution in [0.15, 0.2) is 53.6 Å². The highest BCUT2D eigenvalue weighted by Crippen LogP contribution is 2.14. The third kappa shape index (κ3) is 5.03. The fraction of sp³-hybridized carbons (Fsp3) is 0.176. The molecule has 0 radical (unpaired) electrons. The molecule has 2 aromatic carbocycles. The van der Waals surface area contributed by atoms with E-state index in [1.54, 1.807) is 19.2 Å². The predicted octanol–water partition coefficient (Wildman–Crippen LogP) is 2.23. The maximum Gasteiger partial charge on any atom is 0.259 e. The fourth-order valence-corrected chi connectivity index (χ4v) is 1.91. The average molecular weight is 312 g/mol. The van der Waals surface area contributed by atoms with E-state index in [0.717, 1.165) is 17.0 Å². The van der Waals surface area contributed by atoms with E-state index in [9.17, 15) is 4.79 Å². The van der Waals surface area contributed by atoms with Crippen LogP contribution >= 0.6 is 0 Å². The van der Waals surface area contributed by atoms with E-state index in [4.69, 9.17) is 10.5 Å². The number of methoxy groups -OCH3 is 1. The topological polar surface area (TPSA) is 88.7 Å². The van der Waals surface area contributed by atoms with Crippen LogP contribution in [0.3, 0.4) is 0 Å². The Morgan fingerprint density at radius 2 is 1.96 bits per heavy atom. The molecule has 6 nitrogen and oxygen atoms in total. The summed E-state index contributed by atoms with van der Waals surface area (Å²) in [5, 5.41) is 7.09.